The van der Waals surface area contributed by atoms with Gasteiger partial charge in [-0.25, -0.2) is 4.79 Å². The van der Waals surface area contributed by atoms with Crippen molar-refractivity contribution in [3.05, 3.63) is 22.7 Å². The van der Waals surface area contributed by atoms with Crippen LogP contribution in [0, 0.1) is 5.92 Å². The SMILES string of the molecule is CCCCN1CCC(COC(=O)c2cc(Cl)cc3c2OCCN3)CC1. The van der Waals surface area contributed by atoms with Gasteiger partial charge in [0.25, 0.3) is 0 Å². The zero-order valence-corrected chi connectivity index (χ0v) is 15.6. The van der Waals surface area contributed by atoms with Gasteiger partial charge in [0.1, 0.15) is 12.2 Å². The number of piperidine rings is 1. The van der Waals surface area contributed by atoms with E-state index >= 15 is 0 Å². The Labute approximate surface area is 154 Å². The van der Waals surface area contributed by atoms with E-state index in [2.05, 4.69) is 17.1 Å². The molecule has 0 bridgehead atoms. The molecule has 5 nitrogen and oxygen atoms in total. The number of carbonyl (C=O) groups excluding carboxylic acids is 1. The van der Waals surface area contributed by atoms with E-state index in [1.807, 2.05) is 0 Å². The Morgan fingerprint density at radius 1 is 1.40 bits per heavy atom. The molecule has 2 aliphatic rings. The number of nitrogens with zero attached hydrogens (tertiary/aromatic N) is 1. The lowest BCUT2D eigenvalue weighted by Crippen LogP contribution is -2.36. The van der Waals surface area contributed by atoms with Gasteiger partial charge in [-0.3, -0.25) is 0 Å². The van der Waals surface area contributed by atoms with Crippen LogP contribution in [0.4, 0.5) is 5.69 Å². The quantitative estimate of drug-likeness (QED) is 0.776. The lowest BCUT2D eigenvalue weighted by Gasteiger charge is -2.31. The minimum atomic E-state index is -0.351. The second-order valence-electron chi connectivity index (χ2n) is 6.84. The molecule has 138 valence electrons. The van der Waals surface area contributed by atoms with Crippen molar-refractivity contribution in [1.82, 2.24) is 4.90 Å². The molecule has 0 aliphatic carbocycles. The average molecular weight is 367 g/mol. The number of ether oxygens (including phenoxy) is 2. The minimum absolute atomic E-state index is 0.351. The zero-order chi connectivity index (χ0) is 17.6. The van der Waals surface area contributed by atoms with E-state index in [9.17, 15) is 4.79 Å². The lowest BCUT2D eigenvalue weighted by atomic mass is 9.97. The molecule has 1 saturated heterocycles. The van der Waals surface area contributed by atoms with E-state index in [0.29, 0.717) is 42.0 Å². The van der Waals surface area contributed by atoms with Crippen LogP contribution >= 0.6 is 11.6 Å². The molecule has 1 aromatic carbocycles. The van der Waals surface area contributed by atoms with Gasteiger partial charge in [0.05, 0.1) is 12.3 Å². The van der Waals surface area contributed by atoms with Crippen molar-refractivity contribution in [2.75, 3.05) is 44.7 Å². The molecule has 2 heterocycles. The van der Waals surface area contributed by atoms with Crippen molar-refractivity contribution in [2.45, 2.75) is 32.6 Å². The number of rotatable bonds is 6. The first-order chi connectivity index (χ1) is 12.2. The molecule has 1 fully saturated rings. The van der Waals surface area contributed by atoms with Crippen LogP contribution in [-0.4, -0.2) is 50.3 Å². The van der Waals surface area contributed by atoms with Crippen molar-refractivity contribution in [3.63, 3.8) is 0 Å². The first-order valence-corrected chi connectivity index (χ1v) is 9.65. The van der Waals surface area contributed by atoms with Gasteiger partial charge in [0.15, 0.2) is 5.75 Å². The molecule has 6 heteroatoms. The monoisotopic (exact) mass is 366 g/mol. The van der Waals surface area contributed by atoms with Gasteiger partial charge in [-0.15, -0.1) is 0 Å². The van der Waals surface area contributed by atoms with Crippen LogP contribution in [0.1, 0.15) is 43.0 Å². The Balaban J connectivity index is 1.53. The van der Waals surface area contributed by atoms with E-state index in [1.54, 1.807) is 12.1 Å². The summed E-state index contributed by atoms with van der Waals surface area (Å²) in [7, 11) is 0. The highest BCUT2D eigenvalue weighted by Gasteiger charge is 2.24. The number of halogens is 1. The fourth-order valence-corrected chi connectivity index (χ4v) is 3.62. The number of esters is 1. The molecule has 3 rings (SSSR count). The summed E-state index contributed by atoms with van der Waals surface area (Å²) >= 11 is 6.12. The Morgan fingerprint density at radius 2 is 2.20 bits per heavy atom. The number of nitrogens with one attached hydrogen (secondary N) is 1. The number of likely N-dealkylation sites (tertiary alicyclic amines) is 1. The van der Waals surface area contributed by atoms with E-state index < -0.39 is 0 Å². The highest BCUT2D eigenvalue weighted by atomic mass is 35.5. The molecule has 0 unspecified atom stereocenters. The highest BCUT2D eigenvalue weighted by molar-refractivity contribution is 6.31. The van der Waals surface area contributed by atoms with Crippen molar-refractivity contribution in [2.24, 2.45) is 5.92 Å². The largest absolute Gasteiger partial charge is 0.489 e. The van der Waals surface area contributed by atoms with Gasteiger partial charge < -0.3 is 19.7 Å². The Morgan fingerprint density at radius 3 is 2.96 bits per heavy atom. The van der Waals surface area contributed by atoms with Crippen LogP contribution in [0.2, 0.25) is 5.02 Å². The molecular weight excluding hydrogens is 340 g/mol. The van der Waals surface area contributed by atoms with Gasteiger partial charge in [-0.05, 0) is 56.9 Å². The van der Waals surface area contributed by atoms with Crippen LogP contribution in [0.3, 0.4) is 0 Å². The molecule has 1 aromatic rings. The second kappa shape index (κ2) is 8.77. The smallest absolute Gasteiger partial charge is 0.342 e. The molecule has 0 atom stereocenters. The fraction of sp³-hybridized carbons (Fsp3) is 0.632. The third-order valence-electron chi connectivity index (χ3n) is 4.92. The van der Waals surface area contributed by atoms with Crippen LogP contribution in [0.15, 0.2) is 12.1 Å². The predicted octanol–water partition coefficient (Wildman–Crippen LogP) is 3.81. The summed E-state index contributed by atoms with van der Waals surface area (Å²) in [6, 6.07) is 3.40. The molecule has 0 amide bonds. The van der Waals surface area contributed by atoms with Crippen molar-refractivity contribution >= 4 is 23.3 Å². The average Bonchev–Trinajstić information content (AvgIpc) is 2.64. The maximum atomic E-state index is 12.5. The molecule has 0 spiro atoms. The Hall–Kier alpha value is -1.46. The molecule has 25 heavy (non-hydrogen) atoms. The number of hydrogen-bond acceptors (Lipinski definition) is 5. The van der Waals surface area contributed by atoms with Gasteiger partial charge in [-0.1, -0.05) is 24.9 Å². The minimum Gasteiger partial charge on any atom is -0.489 e. The number of carbonyl (C=O) groups is 1. The molecule has 0 aromatic heterocycles. The highest BCUT2D eigenvalue weighted by Crippen LogP contribution is 2.35. The van der Waals surface area contributed by atoms with Crippen LogP contribution in [0.25, 0.3) is 0 Å². The van der Waals surface area contributed by atoms with Crippen molar-refractivity contribution in [3.8, 4) is 5.75 Å². The van der Waals surface area contributed by atoms with Crippen LogP contribution in [-0.2, 0) is 4.74 Å². The predicted molar refractivity (Wildman–Crippen MR) is 99.8 cm³/mol. The number of fused-ring (bicyclic) bond motifs is 1. The van der Waals surface area contributed by atoms with Crippen molar-refractivity contribution in [1.29, 1.82) is 0 Å². The molecule has 0 saturated carbocycles. The lowest BCUT2D eigenvalue weighted by molar-refractivity contribution is 0.0368. The van der Waals surface area contributed by atoms with Gasteiger partial charge in [0, 0.05) is 11.6 Å². The number of benzene rings is 1. The third kappa shape index (κ3) is 4.79. The fourth-order valence-electron chi connectivity index (χ4n) is 3.40. The first-order valence-electron chi connectivity index (χ1n) is 9.27. The topological polar surface area (TPSA) is 50.8 Å². The summed E-state index contributed by atoms with van der Waals surface area (Å²) in [6.07, 6.45) is 4.66. The van der Waals surface area contributed by atoms with Gasteiger partial charge in [0.2, 0.25) is 0 Å². The molecule has 2 aliphatic heterocycles. The normalized spacial score (nSPS) is 18.2. The summed E-state index contributed by atoms with van der Waals surface area (Å²) in [4.78, 5) is 15.0. The summed E-state index contributed by atoms with van der Waals surface area (Å²) in [5.74, 6) is 0.641. The maximum absolute atomic E-state index is 12.5. The maximum Gasteiger partial charge on any atom is 0.342 e. The second-order valence-corrected chi connectivity index (χ2v) is 7.28. The Kier molecular flexibility index (Phi) is 6.43. The molecular formula is C19H27ClN2O3. The summed E-state index contributed by atoms with van der Waals surface area (Å²) in [6.45, 7) is 7.31. The van der Waals surface area contributed by atoms with Crippen molar-refractivity contribution < 1.29 is 14.3 Å². The summed E-state index contributed by atoms with van der Waals surface area (Å²) in [5.41, 5.74) is 1.17. The van der Waals surface area contributed by atoms with Crippen LogP contribution < -0.4 is 10.1 Å². The standard InChI is InChI=1S/C19H27ClN2O3/c1-2-3-7-22-8-4-14(5-9-22)13-25-19(23)16-11-15(20)12-17-18(16)24-10-6-21-17/h11-12,14,21H,2-10,13H2,1H3. The van der Waals surface area contributed by atoms with E-state index in [1.165, 1.54) is 19.4 Å². The zero-order valence-electron chi connectivity index (χ0n) is 14.9. The number of unbranched alkanes of at least 4 members (excludes halogenated alkanes) is 1. The van der Waals surface area contributed by atoms with Crippen LogP contribution in [0.5, 0.6) is 5.75 Å². The van der Waals surface area contributed by atoms with E-state index in [-0.39, 0.29) is 5.97 Å². The molecule has 0 radical (unpaired) electrons. The van der Waals surface area contributed by atoms with Gasteiger partial charge >= 0.3 is 5.97 Å². The van der Waals surface area contributed by atoms with Gasteiger partial charge in [-0.2, -0.15) is 0 Å². The first kappa shape index (κ1) is 18.3. The van der Waals surface area contributed by atoms with E-state index in [4.69, 9.17) is 21.1 Å². The third-order valence-corrected chi connectivity index (χ3v) is 5.14. The molecule has 1 N–H and O–H groups in total. The number of hydrogen-bond donors (Lipinski definition) is 1. The Bertz CT molecular complexity index is 601. The summed E-state index contributed by atoms with van der Waals surface area (Å²) in [5, 5.41) is 3.71. The summed E-state index contributed by atoms with van der Waals surface area (Å²) < 4.78 is 11.2. The van der Waals surface area contributed by atoms with E-state index in [0.717, 1.165) is 31.6 Å². The number of anilines is 1.